The molecule has 0 saturated heterocycles. The van der Waals surface area contributed by atoms with E-state index < -0.39 is 0 Å². The SMILES string of the molecule is c1ccc(-c2ccc(-c3nc(-c4ccccc4)cc(-c4ccc(-c5nc6ccccc6c6c5ccc5c7ccccc7sc56)cc4)n3)cc2)cc1. The predicted octanol–water partition coefficient (Wildman–Crippen LogP) is 12.9. The number of para-hydroxylation sites is 1. The number of thiophene rings is 1. The third-order valence-corrected chi connectivity index (χ3v) is 10.9. The number of pyridine rings is 1. The summed E-state index contributed by atoms with van der Waals surface area (Å²) in [5.74, 6) is 0.699. The molecule has 0 amide bonds. The summed E-state index contributed by atoms with van der Waals surface area (Å²) in [7, 11) is 0. The Balaban J connectivity index is 1.09. The van der Waals surface area contributed by atoms with Crippen molar-refractivity contribution < 1.29 is 0 Å². The van der Waals surface area contributed by atoms with Gasteiger partial charge in [0, 0.05) is 58.6 Å². The van der Waals surface area contributed by atoms with Gasteiger partial charge in [-0.3, -0.25) is 0 Å². The zero-order valence-corrected chi connectivity index (χ0v) is 28.3. The molecule has 0 fully saturated rings. The van der Waals surface area contributed by atoms with E-state index in [9.17, 15) is 0 Å². The van der Waals surface area contributed by atoms with Crippen molar-refractivity contribution in [1.29, 1.82) is 0 Å². The molecule has 3 heterocycles. The van der Waals surface area contributed by atoms with Crippen molar-refractivity contribution in [3.63, 3.8) is 0 Å². The summed E-state index contributed by atoms with van der Waals surface area (Å²) in [4.78, 5) is 15.4. The first-order valence-corrected chi connectivity index (χ1v) is 17.9. The second-order valence-electron chi connectivity index (χ2n) is 12.8. The Bertz CT molecular complexity index is 2880. The van der Waals surface area contributed by atoms with Gasteiger partial charge in [0.1, 0.15) is 0 Å². The van der Waals surface area contributed by atoms with Crippen LogP contribution < -0.4 is 0 Å². The predicted molar refractivity (Wildman–Crippen MR) is 215 cm³/mol. The maximum Gasteiger partial charge on any atom is 0.160 e. The minimum atomic E-state index is 0.699. The number of hydrogen-bond acceptors (Lipinski definition) is 4. The molecule has 7 aromatic carbocycles. The third kappa shape index (κ3) is 5.16. The lowest BCUT2D eigenvalue weighted by Gasteiger charge is -2.12. The second kappa shape index (κ2) is 12.1. The van der Waals surface area contributed by atoms with Crippen molar-refractivity contribution in [2.75, 3.05) is 0 Å². The van der Waals surface area contributed by atoms with Gasteiger partial charge in [-0.1, -0.05) is 158 Å². The van der Waals surface area contributed by atoms with Gasteiger partial charge in [-0.15, -0.1) is 11.3 Å². The van der Waals surface area contributed by atoms with Gasteiger partial charge in [-0.05, 0) is 29.3 Å². The Kier molecular flexibility index (Phi) is 7.00. The molecule has 0 bridgehead atoms. The molecule has 10 aromatic rings. The molecule has 10 rings (SSSR count). The van der Waals surface area contributed by atoms with Crippen LogP contribution in [0.25, 0.3) is 98.1 Å². The Morgan fingerprint density at radius 1 is 0.353 bits per heavy atom. The van der Waals surface area contributed by atoms with Crippen LogP contribution in [0.15, 0.2) is 176 Å². The van der Waals surface area contributed by atoms with E-state index in [1.54, 1.807) is 0 Å². The second-order valence-corrected chi connectivity index (χ2v) is 13.8. The lowest BCUT2D eigenvalue weighted by molar-refractivity contribution is 1.18. The Labute approximate surface area is 299 Å². The molecule has 3 aromatic heterocycles. The fourth-order valence-electron chi connectivity index (χ4n) is 7.16. The molecule has 0 aliphatic carbocycles. The van der Waals surface area contributed by atoms with Crippen LogP contribution in [-0.2, 0) is 0 Å². The van der Waals surface area contributed by atoms with Crippen molar-refractivity contribution in [3.05, 3.63) is 176 Å². The summed E-state index contributed by atoms with van der Waals surface area (Å²) in [6.07, 6.45) is 0. The maximum atomic E-state index is 5.25. The highest BCUT2D eigenvalue weighted by Crippen LogP contribution is 2.43. The highest BCUT2D eigenvalue weighted by molar-refractivity contribution is 7.26. The average Bonchev–Trinajstić information content (AvgIpc) is 3.60. The van der Waals surface area contributed by atoms with Crippen molar-refractivity contribution in [3.8, 4) is 56.3 Å². The lowest BCUT2D eigenvalue weighted by atomic mass is 9.97. The smallest absolute Gasteiger partial charge is 0.160 e. The van der Waals surface area contributed by atoms with Gasteiger partial charge >= 0.3 is 0 Å². The molecular weight excluding hydrogens is 639 g/mol. The molecule has 0 spiro atoms. The fraction of sp³-hybridized carbons (Fsp3) is 0. The van der Waals surface area contributed by atoms with Crippen molar-refractivity contribution in [1.82, 2.24) is 15.0 Å². The summed E-state index contributed by atoms with van der Waals surface area (Å²) in [5.41, 5.74) is 10.2. The van der Waals surface area contributed by atoms with E-state index in [2.05, 4.69) is 152 Å². The minimum absolute atomic E-state index is 0.699. The molecule has 0 unspecified atom stereocenters. The molecule has 238 valence electrons. The van der Waals surface area contributed by atoms with Crippen LogP contribution in [-0.4, -0.2) is 15.0 Å². The molecule has 3 nitrogen and oxygen atoms in total. The van der Waals surface area contributed by atoms with E-state index in [0.717, 1.165) is 55.8 Å². The minimum Gasteiger partial charge on any atom is -0.247 e. The van der Waals surface area contributed by atoms with E-state index in [4.69, 9.17) is 15.0 Å². The molecule has 0 aliphatic heterocycles. The van der Waals surface area contributed by atoms with Gasteiger partial charge in [-0.25, -0.2) is 15.0 Å². The molecule has 0 radical (unpaired) electrons. The highest BCUT2D eigenvalue weighted by Gasteiger charge is 2.17. The zero-order valence-electron chi connectivity index (χ0n) is 27.5. The summed E-state index contributed by atoms with van der Waals surface area (Å²) in [5, 5.41) is 6.21. The van der Waals surface area contributed by atoms with Crippen LogP contribution in [0.1, 0.15) is 0 Å². The van der Waals surface area contributed by atoms with Crippen molar-refractivity contribution in [2.24, 2.45) is 0 Å². The van der Waals surface area contributed by atoms with Gasteiger partial charge in [0.25, 0.3) is 0 Å². The number of rotatable bonds is 5. The van der Waals surface area contributed by atoms with E-state index in [0.29, 0.717) is 5.82 Å². The summed E-state index contributed by atoms with van der Waals surface area (Å²) in [6, 6.07) is 61.8. The number of hydrogen-bond donors (Lipinski definition) is 0. The van der Waals surface area contributed by atoms with Crippen LogP contribution >= 0.6 is 11.3 Å². The van der Waals surface area contributed by atoms with Gasteiger partial charge in [0.05, 0.1) is 22.6 Å². The van der Waals surface area contributed by atoms with Crippen LogP contribution in [0.2, 0.25) is 0 Å². The molecule has 0 atom stereocenters. The number of aromatic nitrogens is 3. The monoisotopic (exact) mass is 667 g/mol. The number of benzene rings is 7. The van der Waals surface area contributed by atoms with E-state index in [1.165, 1.54) is 36.5 Å². The van der Waals surface area contributed by atoms with Crippen LogP contribution in [0, 0.1) is 0 Å². The van der Waals surface area contributed by atoms with Crippen molar-refractivity contribution >= 4 is 53.2 Å². The zero-order chi connectivity index (χ0) is 33.7. The molecular formula is C47H29N3S. The van der Waals surface area contributed by atoms with Gasteiger partial charge in [-0.2, -0.15) is 0 Å². The van der Waals surface area contributed by atoms with Gasteiger partial charge < -0.3 is 0 Å². The van der Waals surface area contributed by atoms with Crippen molar-refractivity contribution in [2.45, 2.75) is 0 Å². The lowest BCUT2D eigenvalue weighted by Crippen LogP contribution is -1.96. The summed E-state index contributed by atoms with van der Waals surface area (Å²) >= 11 is 1.87. The summed E-state index contributed by atoms with van der Waals surface area (Å²) in [6.45, 7) is 0. The quantitative estimate of drug-likeness (QED) is 0.171. The molecule has 51 heavy (non-hydrogen) atoms. The topological polar surface area (TPSA) is 38.7 Å². The van der Waals surface area contributed by atoms with Gasteiger partial charge in [0.2, 0.25) is 0 Å². The number of fused-ring (bicyclic) bond motifs is 7. The Hall–Kier alpha value is -6.49. The first-order chi connectivity index (χ1) is 25.3. The number of nitrogens with zero attached hydrogens (tertiary/aromatic N) is 3. The maximum absolute atomic E-state index is 5.25. The Morgan fingerprint density at radius 2 is 0.882 bits per heavy atom. The molecule has 0 aliphatic rings. The normalized spacial score (nSPS) is 11.5. The molecule has 4 heteroatoms. The summed E-state index contributed by atoms with van der Waals surface area (Å²) < 4.78 is 2.61. The average molecular weight is 668 g/mol. The third-order valence-electron chi connectivity index (χ3n) is 9.71. The first kappa shape index (κ1) is 29.4. The van der Waals surface area contributed by atoms with E-state index in [1.807, 2.05) is 35.6 Å². The van der Waals surface area contributed by atoms with Crippen LogP contribution in [0.5, 0.6) is 0 Å². The van der Waals surface area contributed by atoms with E-state index >= 15 is 0 Å². The van der Waals surface area contributed by atoms with Crippen LogP contribution in [0.4, 0.5) is 0 Å². The van der Waals surface area contributed by atoms with Gasteiger partial charge in [0.15, 0.2) is 5.82 Å². The van der Waals surface area contributed by atoms with Crippen LogP contribution in [0.3, 0.4) is 0 Å². The largest absolute Gasteiger partial charge is 0.247 e. The standard InChI is InChI=1S/C47H29N3S/c1-3-11-30(12-4-1)31-19-25-35(26-20-31)47-49-41(32-13-5-2-6-14-32)29-42(50-47)33-21-23-34(24-22-33)45-39-28-27-37-36-15-8-10-18-43(36)51-46(37)44(39)38-16-7-9-17-40(38)48-45/h1-29H. The fourth-order valence-corrected chi connectivity index (χ4v) is 8.42. The highest BCUT2D eigenvalue weighted by atomic mass is 32.1. The Morgan fingerprint density at radius 3 is 1.63 bits per heavy atom. The molecule has 0 saturated carbocycles. The first-order valence-electron chi connectivity index (χ1n) is 17.1. The molecule has 0 N–H and O–H groups in total. The van der Waals surface area contributed by atoms with E-state index in [-0.39, 0.29) is 0 Å².